The normalized spacial score (nSPS) is 15.2. The SMILES string of the molecule is COc1ccc(CCC(=O)N2CCC(OCCCN)CC2)cc1OC. The van der Waals surface area contributed by atoms with Crippen molar-refractivity contribution in [2.24, 2.45) is 5.73 Å². The summed E-state index contributed by atoms with van der Waals surface area (Å²) in [6.07, 6.45) is 4.19. The molecule has 1 aliphatic heterocycles. The molecule has 0 spiro atoms. The number of benzene rings is 1. The number of carbonyl (C=O) groups is 1. The second-order valence-electron chi connectivity index (χ2n) is 6.28. The molecular weight excluding hydrogens is 320 g/mol. The summed E-state index contributed by atoms with van der Waals surface area (Å²) >= 11 is 0. The highest BCUT2D eigenvalue weighted by molar-refractivity contribution is 5.76. The van der Waals surface area contributed by atoms with E-state index in [-0.39, 0.29) is 12.0 Å². The third-order valence-electron chi connectivity index (χ3n) is 4.57. The van der Waals surface area contributed by atoms with Crippen LogP contribution in [0.15, 0.2) is 18.2 Å². The highest BCUT2D eigenvalue weighted by Crippen LogP contribution is 2.28. The summed E-state index contributed by atoms with van der Waals surface area (Å²) in [6, 6.07) is 5.79. The average molecular weight is 350 g/mol. The lowest BCUT2D eigenvalue weighted by molar-refractivity contribution is -0.133. The Morgan fingerprint density at radius 3 is 2.56 bits per heavy atom. The van der Waals surface area contributed by atoms with Gasteiger partial charge in [-0.1, -0.05) is 6.07 Å². The average Bonchev–Trinajstić information content (AvgIpc) is 2.66. The minimum atomic E-state index is 0.204. The Kier molecular flexibility index (Phi) is 8.01. The van der Waals surface area contributed by atoms with E-state index in [1.807, 2.05) is 23.1 Å². The fraction of sp³-hybridized carbons (Fsp3) is 0.632. The molecule has 1 aromatic rings. The zero-order chi connectivity index (χ0) is 18.1. The summed E-state index contributed by atoms with van der Waals surface area (Å²) in [6.45, 7) is 2.93. The van der Waals surface area contributed by atoms with Crippen LogP contribution in [0.2, 0.25) is 0 Å². The smallest absolute Gasteiger partial charge is 0.222 e. The lowest BCUT2D eigenvalue weighted by atomic mass is 10.1. The molecule has 0 bridgehead atoms. The number of nitrogens with two attached hydrogens (primary N) is 1. The van der Waals surface area contributed by atoms with Crippen LogP contribution in [0.3, 0.4) is 0 Å². The Morgan fingerprint density at radius 1 is 1.20 bits per heavy atom. The van der Waals surface area contributed by atoms with E-state index in [0.29, 0.717) is 37.5 Å². The Balaban J connectivity index is 1.76. The van der Waals surface area contributed by atoms with Gasteiger partial charge in [0.2, 0.25) is 5.91 Å². The van der Waals surface area contributed by atoms with Crippen LogP contribution >= 0.6 is 0 Å². The predicted octanol–water partition coefficient (Wildman–Crippen LogP) is 1.99. The van der Waals surface area contributed by atoms with Gasteiger partial charge in [0.05, 0.1) is 20.3 Å². The van der Waals surface area contributed by atoms with Crippen molar-refractivity contribution in [3.63, 3.8) is 0 Å². The second-order valence-corrected chi connectivity index (χ2v) is 6.28. The molecule has 0 aromatic heterocycles. The van der Waals surface area contributed by atoms with Crippen molar-refractivity contribution in [2.75, 3.05) is 40.5 Å². The number of amides is 1. The Morgan fingerprint density at radius 2 is 1.92 bits per heavy atom. The van der Waals surface area contributed by atoms with Crippen molar-refractivity contribution >= 4 is 5.91 Å². The van der Waals surface area contributed by atoms with Crippen molar-refractivity contribution < 1.29 is 19.0 Å². The van der Waals surface area contributed by atoms with Crippen LogP contribution in [0.25, 0.3) is 0 Å². The van der Waals surface area contributed by atoms with Crippen LogP contribution in [0.1, 0.15) is 31.2 Å². The Hall–Kier alpha value is -1.79. The standard InChI is InChI=1S/C19H30N2O4/c1-23-17-6-4-15(14-18(17)24-2)5-7-19(22)21-11-8-16(9-12-21)25-13-3-10-20/h4,6,14,16H,3,5,7-13,20H2,1-2H3. The molecule has 0 unspecified atom stereocenters. The number of rotatable bonds is 9. The second kappa shape index (κ2) is 10.3. The molecule has 25 heavy (non-hydrogen) atoms. The van der Waals surface area contributed by atoms with E-state index in [1.165, 1.54) is 0 Å². The number of hydrogen-bond donors (Lipinski definition) is 1. The molecule has 0 atom stereocenters. The molecule has 1 saturated heterocycles. The van der Waals surface area contributed by atoms with E-state index < -0.39 is 0 Å². The van der Waals surface area contributed by atoms with Gasteiger partial charge in [-0.2, -0.15) is 0 Å². The number of carbonyl (C=O) groups excluding carboxylic acids is 1. The van der Waals surface area contributed by atoms with Gasteiger partial charge in [-0.25, -0.2) is 0 Å². The van der Waals surface area contributed by atoms with Gasteiger partial charge in [0.1, 0.15) is 0 Å². The van der Waals surface area contributed by atoms with E-state index in [0.717, 1.165) is 37.9 Å². The Bertz CT molecular complexity index is 542. The van der Waals surface area contributed by atoms with Gasteiger partial charge < -0.3 is 24.8 Å². The van der Waals surface area contributed by atoms with Crippen LogP contribution in [0.4, 0.5) is 0 Å². The zero-order valence-corrected chi connectivity index (χ0v) is 15.3. The fourth-order valence-corrected chi connectivity index (χ4v) is 3.05. The van der Waals surface area contributed by atoms with Crippen molar-refractivity contribution in [3.05, 3.63) is 23.8 Å². The van der Waals surface area contributed by atoms with Gasteiger partial charge in [0.25, 0.3) is 0 Å². The molecule has 2 N–H and O–H groups in total. The Labute approximate surface area is 150 Å². The number of ether oxygens (including phenoxy) is 3. The molecule has 1 fully saturated rings. The quantitative estimate of drug-likeness (QED) is 0.690. The molecule has 6 heteroatoms. The van der Waals surface area contributed by atoms with Crippen LogP contribution in [-0.2, 0) is 16.0 Å². The summed E-state index contributed by atoms with van der Waals surface area (Å²) in [7, 11) is 3.23. The van der Waals surface area contributed by atoms with Gasteiger partial charge in [-0.3, -0.25) is 4.79 Å². The zero-order valence-electron chi connectivity index (χ0n) is 15.3. The minimum Gasteiger partial charge on any atom is -0.493 e. The molecule has 0 aliphatic carbocycles. The monoisotopic (exact) mass is 350 g/mol. The maximum Gasteiger partial charge on any atom is 0.222 e. The summed E-state index contributed by atoms with van der Waals surface area (Å²) in [5.41, 5.74) is 6.55. The number of methoxy groups -OCH3 is 2. The highest BCUT2D eigenvalue weighted by Gasteiger charge is 2.22. The molecule has 1 amide bonds. The van der Waals surface area contributed by atoms with Crippen molar-refractivity contribution in [1.82, 2.24) is 4.90 Å². The molecule has 0 radical (unpaired) electrons. The van der Waals surface area contributed by atoms with Gasteiger partial charge in [0, 0.05) is 26.1 Å². The van der Waals surface area contributed by atoms with Crippen molar-refractivity contribution in [1.29, 1.82) is 0 Å². The largest absolute Gasteiger partial charge is 0.493 e. The molecule has 2 rings (SSSR count). The number of hydrogen-bond acceptors (Lipinski definition) is 5. The first-order valence-corrected chi connectivity index (χ1v) is 8.98. The summed E-state index contributed by atoms with van der Waals surface area (Å²) in [4.78, 5) is 14.4. The first kappa shape index (κ1) is 19.5. The summed E-state index contributed by atoms with van der Waals surface area (Å²) < 4.78 is 16.3. The van der Waals surface area contributed by atoms with Crippen LogP contribution in [0.5, 0.6) is 11.5 Å². The number of aryl methyl sites for hydroxylation is 1. The van der Waals surface area contributed by atoms with E-state index in [4.69, 9.17) is 19.9 Å². The third kappa shape index (κ3) is 5.90. The molecule has 0 saturated carbocycles. The maximum atomic E-state index is 12.4. The van der Waals surface area contributed by atoms with Gasteiger partial charge in [0.15, 0.2) is 11.5 Å². The molecule has 6 nitrogen and oxygen atoms in total. The third-order valence-corrected chi connectivity index (χ3v) is 4.57. The molecular formula is C19H30N2O4. The van der Waals surface area contributed by atoms with Gasteiger partial charge >= 0.3 is 0 Å². The summed E-state index contributed by atoms with van der Waals surface area (Å²) in [5.74, 6) is 1.60. The number of nitrogens with zero attached hydrogens (tertiary/aromatic N) is 1. The lowest BCUT2D eigenvalue weighted by Gasteiger charge is -2.32. The van der Waals surface area contributed by atoms with Crippen LogP contribution < -0.4 is 15.2 Å². The van der Waals surface area contributed by atoms with E-state index in [2.05, 4.69) is 0 Å². The van der Waals surface area contributed by atoms with Gasteiger partial charge in [-0.05, 0) is 49.9 Å². The fourth-order valence-electron chi connectivity index (χ4n) is 3.05. The number of piperidine rings is 1. The van der Waals surface area contributed by atoms with Crippen molar-refractivity contribution in [3.8, 4) is 11.5 Å². The molecule has 1 heterocycles. The van der Waals surface area contributed by atoms with E-state index >= 15 is 0 Å². The minimum absolute atomic E-state index is 0.204. The van der Waals surface area contributed by atoms with Crippen LogP contribution in [-0.4, -0.2) is 57.4 Å². The lowest BCUT2D eigenvalue weighted by Crippen LogP contribution is -2.41. The van der Waals surface area contributed by atoms with E-state index in [1.54, 1.807) is 14.2 Å². The maximum absolute atomic E-state index is 12.4. The molecule has 140 valence electrons. The first-order chi connectivity index (χ1) is 12.2. The molecule has 1 aliphatic rings. The van der Waals surface area contributed by atoms with Crippen molar-refractivity contribution in [2.45, 2.75) is 38.2 Å². The van der Waals surface area contributed by atoms with E-state index in [9.17, 15) is 4.79 Å². The first-order valence-electron chi connectivity index (χ1n) is 8.98. The van der Waals surface area contributed by atoms with Crippen LogP contribution in [0, 0.1) is 0 Å². The van der Waals surface area contributed by atoms with Gasteiger partial charge in [-0.15, -0.1) is 0 Å². The topological polar surface area (TPSA) is 74.0 Å². The highest BCUT2D eigenvalue weighted by atomic mass is 16.5. The predicted molar refractivity (Wildman–Crippen MR) is 97.1 cm³/mol. The molecule has 1 aromatic carbocycles. The number of likely N-dealkylation sites (tertiary alicyclic amines) is 1. The summed E-state index contributed by atoms with van der Waals surface area (Å²) in [5, 5.41) is 0.